The molecule has 1 aromatic rings. The Morgan fingerprint density at radius 3 is 2.71 bits per heavy atom. The summed E-state index contributed by atoms with van der Waals surface area (Å²) in [6.45, 7) is 5.36. The van der Waals surface area contributed by atoms with Gasteiger partial charge in [0, 0.05) is 13.1 Å². The fraction of sp³-hybridized carbons (Fsp3) is 0.538. The van der Waals surface area contributed by atoms with Gasteiger partial charge in [0.05, 0.1) is 10.6 Å². The molecular formula is C13H19BrFNO. The van der Waals surface area contributed by atoms with Crippen LogP contribution in [0.4, 0.5) is 4.39 Å². The van der Waals surface area contributed by atoms with E-state index in [4.69, 9.17) is 0 Å². The molecule has 0 amide bonds. The van der Waals surface area contributed by atoms with Crippen LogP contribution in [-0.2, 0) is 6.54 Å². The first-order valence-corrected chi connectivity index (χ1v) is 6.61. The molecule has 96 valence electrons. The summed E-state index contributed by atoms with van der Waals surface area (Å²) in [5.74, 6) is 0.236. The SMILES string of the molecule is CC(C)CC(O)CNCc1ccc(F)c(Br)c1. The third kappa shape index (κ3) is 5.61. The summed E-state index contributed by atoms with van der Waals surface area (Å²) in [6.07, 6.45) is 0.471. The van der Waals surface area contributed by atoms with Gasteiger partial charge < -0.3 is 10.4 Å². The molecule has 0 heterocycles. The van der Waals surface area contributed by atoms with E-state index in [9.17, 15) is 9.50 Å². The molecule has 1 atom stereocenters. The molecule has 0 aromatic heterocycles. The maximum atomic E-state index is 13.0. The fourth-order valence-corrected chi connectivity index (χ4v) is 2.09. The van der Waals surface area contributed by atoms with Gasteiger partial charge in [-0.25, -0.2) is 4.39 Å². The number of halogens is 2. The van der Waals surface area contributed by atoms with Crippen LogP contribution in [0.2, 0.25) is 0 Å². The van der Waals surface area contributed by atoms with E-state index < -0.39 is 0 Å². The van der Waals surface area contributed by atoms with Crippen molar-refractivity contribution in [1.29, 1.82) is 0 Å². The van der Waals surface area contributed by atoms with E-state index in [1.165, 1.54) is 6.07 Å². The van der Waals surface area contributed by atoms with Crippen molar-refractivity contribution in [3.8, 4) is 0 Å². The Kier molecular flexibility index (Phi) is 6.09. The van der Waals surface area contributed by atoms with Crippen LogP contribution in [0.1, 0.15) is 25.8 Å². The molecule has 4 heteroatoms. The molecule has 0 aliphatic rings. The maximum Gasteiger partial charge on any atom is 0.137 e. The second-order valence-electron chi connectivity index (χ2n) is 4.66. The molecule has 0 fully saturated rings. The molecule has 17 heavy (non-hydrogen) atoms. The van der Waals surface area contributed by atoms with Crippen molar-refractivity contribution < 1.29 is 9.50 Å². The van der Waals surface area contributed by atoms with E-state index >= 15 is 0 Å². The molecule has 1 unspecified atom stereocenters. The standard InChI is InChI=1S/C13H19BrFNO/c1-9(2)5-11(17)8-16-7-10-3-4-13(15)12(14)6-10/h3-4,6,9,11,16-17H,5,7-8H2,1-2H3. The third-order valence-electron chi connectivity index (χ3n) is 2.44. The zero-order valence-electron chi connectivity index (χ0n) is 10.2. The zero-order chi connectivity index (χ0) is 12.8. The summed E-state index contributed by atoms with van der Waals surface area (Å²) in [5, 5.41) is 12.8. The molecule has 1 rings (SSSR count). The van der Waals surface area contributed by atoms with Gasteiger partial charge in [0.25, 0.3) is 0 Å². The van der Waals surface area contributed by atoms with Crippen molar-refractivity contribution in [2.45, 2.75) is 32.9 Å². The van der Waals surface area contributed by atoms with Crippen LogP contribution < -0.4 is 5.32 Å². The number of nitrogens with one attached hydrogen (secondary N) is 1. The van der Waals surface area contributed by atoms with Gasteiger partial charge in [-0.2, -0.15) is 0 Å². The smallest absolute Gasteiger partial charge is 0.137 e. The first kappa shape index (κ1) is 14.6. The number of benzene rings is 1. The van der Waals surface area contributed by atoms with Crippen LogP contribution in [0.3, 0.4) is 0 Å². The lowest BCUT2D eigenvalue weighted by molar-refractivity contribution is 0.146. The molecule has 0 bridgehead atoms. The van der Waals surface area contributed by atoms with Crippen molar-refractivity contribution in [2.75, 3.05) is 6.54 Å². The molecule has 0 aliphatic heterocycles. The monoisotopic (exact) mass is 303 g/mol. The van der Waals surface area contributed by atoms with Crippen LogP contribution >= 0.6 is 15.9 Å². The summed E-state index contributed by atoms with van der Waals surface area (Å²) in [5.41, 5.74) is 0.995. The Hall–Kier alpha value is -0.450. The minimum atomic E-state index is -0.320. The van der Waals surface area contributed by atoms with Crippen LogP contribution in [0, 0.1) is 11.7 Å². The van der Waals surface area contributed by atoms with Gasteiger partial charge in [0.2, 0.25) is 0 Å². The van der Waals surface area contributed by atoms with E-state index in [-0.39, 0.29) is 11.9 Å². The molecule has 0 spiro atoms. The number of aliphatic hydroxyl groups excluding tert-OH is 1. The highest BCUT2D eigenvalue weighted by Gasteiger charge is 2.06. The summed E-state index contributed by atoms with van der Waals surface area (Å²) in [6, 6.07) is 4.92. The zero-order valence-corrected chi connectivity index (χ0v) is 11.8. The van der Waals surface area contributed by atoms with Gasteiger partial charge in [-0.3, -0.25) is 0 Å². The van der Waals surface area contributed by atoms with Crippen LogP contribution in [0.25, 0.3) is 0 Å². The molecule has 1 aromatic carbocycles. The molecule has 0 saturated heterocycles. The fourth-order valence-electron chi connectivity index (χ4n) is 1.66. The van der Waals surface area contributed by atoms with Gasteiger partial charge in [0.15, 0.2) is 0 Å². The van der Waals surface area contributed by atoms with Gasteiger partial charge in [-0.05, 0) is 46.0 Å². The molecule has 0 radical (unpaired) electrons. The van der Waals surface area contributed by atoms with Crippen LogP contribution in [0.15, 0.2) is 22.7 Å². The summed E-state index contributed by atoms with van der Waals surface area (Å²) in [4.78, 5) is 0. The van der Waals surface area contributed by atoms with Gasteiger partial charge >= 0.3 is 0 Å². The molecule has 0 aliphatic carbocycles. The first-order chi connectivity index (χ1) is 7.99. The molecular weight excluding hydrogens is 285 g/mol. The van der Waals surface area contributed by atoms with E-state index in [0.29, 0.717) is 23.5 Å². The number of hydrogen-bond acceptors (Lipinski definition) is 2. The van der Waals surface area contributed by atoms with E-state index in [1.807, 2.05) is 0 Å². The Bertz CT molecular complexity index is 357. The molecule has 2 N–H and O–H groups in total. The van der Waals surface area contributed by atoms with Crippen molar-refractivity contribution in [2.24, 2.45) is 5.92 Å². The second-order valence-corrected chi connectivity index (χ2v) is 5.52. The first-order valence-electron chi connectivity index (χ1n) is 5.81. The van der Waals surface area contributed by atoms with Crippen molar-refractivity contribution in [3.05, 3.63) is 34.1 Å². The van der Waals surface area contributed by atoms with Crippen molar-refractivity contribution >= 4 is 15.9 Å². The highest BCUT2D eigenvalue weighted by Crippen LogP contribution is 2.16. The average Bonchev–Trinajstić information content (AvgIpc) is 2.22. The number of rotatable bonds is 6. The van der Waals surface area contributed by atoms with Gasteiger partial charge in [0.1, 0.15) is 5.82 Å². The largest absolute Gasteiger partial charge is 0.392 e. The lowest BCUT2D eigenvalue weighted by atomic mass is 10.1. The Balaban J connectivity index is 2.33. The Morgan fingerprint density at radius 2 is 2.12 bits per heavy atom. The number of hydrogen-bond donors (Lipinski definition) is 2. The summed E-state index contributed by atoms with van der Waals surface area (Å²) >= 11 is 3.15. The third-order valence-corrected chi connectivity index (χ3v) is 3.04. The maximum absolute atomic E-state index is 13.0. The molecule has 0 saturated carbocycles. The Labute approximate surface area is 110 Å². The highest BCUT2D eigenvalue weighted by molar-refractivity contribution is 9.10. The predicted molar refractivity (Wildman–Crippen MR) is 71.3 cm³/mol. The summed E-state index contributed by atoms with van der Waals surface area (Å²) < 4.78 is 13.5. The highest BCUT2D eigenvalue weighted by atomic mass is 79.9. The van der Waals surface area contributed by atoms with E-state index in [1.54, 1.807) is 12.1 Å². The quantitative estimate of drug-likeness (QED) is 0.846. The minimum absolute atomic E-state index is 0.256. The second kappa shape index (κ2) is 7.09. The van der Waals surface area contributed by atoms with Crippen molar-refractivity contribution in [1.82, 2.24) is 5.32 Å². The number of aliphatic hydroxyl groups is 1. The van der Waals surface area contributed by atoms with Crippen molar-refractivity contribution in [3.63, 3.8) is 0 Å². The Morgan fingerprint density at radius 1 is 1.41 bits per heavy atom. The normalized spacial score (nSPS) is 13.1. The topological polar surface area (TPSA) is 32.3 Å². The lowest BCUT2D eigenvalue weighted by Gasteiger charge is -2.14. The average molecular weight is 304 g/mol. The van der Waals surface area contributed by atoms with Gasteiger partial charge in [-0.15, -0.1) is 0 Å². The van der Waals surface area contributed by atoms with Crippen LogP contribution in [0.5, 0.6) is 0 Å². The lowest BCUT2D eigenvalue weighted by Crippen LogP contribution is -2.27. The van der Waals surface area contributed by atoms with E-state index in [2.05, 4.69) is 35.1 Å². The van der Waals surface area contributed by atoms with E-state index in [0.717, 1.165) is 12.0 Å². The minimum Gasteiger partial charge on any atom is -0.392 e. The van der Waals surface area contributed by atoms with Gasteiger partial charge in [-0.1, -0.05) is 19.9 Å². The summed E-state index contributed by atoms with van der Waals surface area (Å²) in [7, 11) is 0. The molecule has 2 nitrogen and oxygen atoms in total. The predicted octanol–water partition coefficient (Wildman–Crippen LogP) is 3.08. The van der Waals surface area contributed by atoms with Crippen LogP contribution in [-0.4, -0.2) is 17.8 Å².